The first kappa shape index (κ1) is 12.5. The van der Waals surface area contributed by atoms with Crippen molar-refractivity contribution in [2.45, 2.75) is 25.8 Å². The summed E-state index contributed by atoms with van der Waals surface area (Å²) in [6, 6.07) is 0. The van der Waals surface area contributed by atoms with Gasteiger partial charge >= 0.3 is 0 Å². The molecule has 0 atom stereocenters. The van der Waals surface area contributed by atoms with E-state index in [2.05, 4.69) is 33.3 Å². The number of rotatable bonds is 1. The van der Waals surface area contributed by atoms with Gasteiger partial charge in [-0.3, -0.25) is 0 Å². The van der Waals surface area contributed by atoms with Gasteiger partial charge in [-0.15, -0.1) is 0 Å². The van der Waals surface area contributed by atoms with Gasteiger partial charge in [0.15, 0.2) is 0 Å². The van der Waals surface area contributed by atoms with E-state index in [1.54, 1.807) is 0 Å². The highest BCUT2D eigenvalue weighted by Crippen LogP contribution is 2.35. The van der Waals surface area contributed by atoms with E-state index in [1.165, 1.54) is 37.2 Å². The normalized spacial score (nSPS) is 25.4. The minimum Gasteiger partial charge on any atom is -0.341 e. The predicted molar refractivity (Wildman–Crippen MR) is 78.8 cm³/mol. The van der Waals surface area contributed by atoms with Crippen LogP contribution in [0.15, 0.2) is 6.20 Å². The number of aromatic nitrogens is 2. The second-order valence-electron chi connectivity index (χ2n) is 6.72. The fraction of sp³-hybridized carbons (Fsp3) is 0.733. The number of nitrogens with one attached hydrogen (secondary N) is 1. The van der Waals surface area contributed by atoms with E-state index in [1.807, 2.05) is 0 Å². The van der Waals surface area contributed by atoms with Gasteiger partial charge in [0.05, 0.1) is 5.69 Å². The van der Waals surface area contributed by atoms with E-state index < -0.39 is 0 Å². The zero-order valence-electron chi connectivity index (χ0n) is 12.2. The van der Waals surface area contributed by atoms with Crippen LogP contribution in [0, 0.1) is 5.41 Å². The number of anilines is 1. The molecular formula is C15H23N5. The van der Waals surface area contributed by atoms with Crippen molar-refractivity contribution in [1.82, 2.24) is 20.2 Å². The lowest BCUT2D eigenvalue weighted by Crippen LogP contribution is -2.58. The highest BCUT2D eigenvalue weighted by molar-refractivity contribution is 5.35. The SMILES string of the molecule is CN1CCc2cnc(N3CCC4(CC3)CNC4)nc2C1. The van der Waals surface area contributed by atoms with Gasteiger partial charge < -0.3 is 15.1 Å². The van der Waals surface area contributed by atoms with Crippen molar-refractivity contribution in [3.63, 3.8) is 0 Å². The Kier molecular flexibility index (Phi) is 2.93. The third-order valence-corrected chi connectivity index (χ3v) is 5.23. The summed E-state index contributed by atoms with van der Waals surface area (Å²) in [7, 11) is 2.17. The summed E-state index contributed by atoms with van der Waals surface area (Å²) >= 11 is 0. The van der Waals surface area contributed by atoms with E-state index in [-0.39, 0.29) is 0 Å². The molecule has 0 aromatic carbocycles. The van der Waals surface area contributed by atoms with Crippen molar-refractivity contribution < 1.29 is 0 Å². The van der Waals surface area contributed by atoms with Gasteiger partial charge in [-0.05, 0) is 37.3 Å². The topological polar surface area (TPSA) is 44.3 Å². The van der Waals surface area contributed by atoms with Crippen molar-refractivity contribution >= 4 is 5.95 Å². The third-order valence-electron chi connectivity index (χ3n) is 5.23. The molecular weight excluding hydrogens is 250 g/mol. The molecule has 5 heteroatoms. The van der Waals surface area contributed by atoms with Crippen LogP contribution in [0.1, 0.15) is 24.1 Å². The molecule has 0 unspecified atom stereocenters. The van der Waals surface area contributed by atoms with E-state index in [9.17, 15) is 0 Å². The molecule has 20 heavy (non-hydrogen) atoms. The van der Waals surface area contributed by atoms with Crippen molar-refractivity contribution in [3.05, 3.63) is 17.5 Å². The highest BCUT2D eigenvalue weighted by atomic mass is 15.3. The number of likely N-dealkylation sites (N-methyl/N-ethyl adjacent to an activating group) is 1. The quantitative estimate of drug-likeness (QED) is 0.814. The molecule has 1 N–H and O–H groups in total. The Morgan fingerprint density at radius 3 is 2.70 bits per heavy atom. The monoisotopic (exact) mass is 273 g/mol. The maximum atomic E-state index is 4.84. The summed E-state index contributed by atoms with van der Waals surface area (Å²) in [5.41, 5.74) is 3.16. The molecule has 3 aliphatic rings. The highest BCUT2D eigenvalue weighted by Gasteiger charge is 2.40. The molecule has 108 valence electrons. The zero-order valence-corrected chi connectivity index (χ0v) is 12.2. The van der Waals surface area contributed by atoms with Crippen LogP contribution in [0.4, 0.5) is 5.95 Å². The summed E-state index contributed by atoms with van der Waals surface area (Å²) in [6.07, 6.45) is 5.70. The summed E-state index contributed by atoms with van der Waals surface area (Å²) in [5.74, 6) is 0.946. The number of fused-ring (bicyclic) bond motifs is 1. The van der Waals surface area contributed by atoms with Crippen LogP contribution in [0.25, 0.3) is 0 Å². The average molecular weight is 273 g/mol. The number of hydrogen-bond donors (Lipinski definition) is 1. The molecule has 2 saturated heterocycles. The smallest absolute Gasteiger partial charge is 0.225 e. The van der Waals surface area contributed by atoms with Crippen molar-refractivity contribution in [2.75, 3.05) is 44.7 Å². The maximum absolute atomic E-state index is 4.84. The third kappa shape index (κ3) is 2.09. The summed E-state index contributed by atoms with van der Waals surface area (Å²) in [6.45, 7) is 6.71. The van der Waals surface area contributed by atoms with Gasteiger partial charge in [0.25, 0.3) is 0 Å². The van der Waals surface area contributed by atoms with Gasteiger partial charge in [-0.25, -0.2) is 9.97 Å². The van der Waals surface area contributed by atoms with Gasteiger partial charge in [0.1, 0.15) is 0 Å². The van der Waals surface area contributed by atoms with Gasteiger partial charge in [-0.2, -0.15) is 0 Å². The molecule has 4 heterocycles. The fourth-order valence-electron chi connectivity index (χ4n) is 3.59. The molecule has 4 rings (SSSR count). The summed E-state index contributed by atoms with van der Waals surface area (Å²) in [5, 5.41) is 3.42. The number of nitrogens with zero attached hydrogens (tertiary/aromatic N) is 4. The Bertz CT molecular complexity index is 501. The first-order chi connectivity index (χ1) is 9.74. The van der Waals surface area contributed by atoms with Crippen LogP contribution in [0.5, 0.6) is 0 Å². The lowest BCUT2D eigenvalue weighted by molar-refractivity contribution is 0.126. The first-order valence-corrected chi connectivity index (χ1v) is 7.73. The Morgan fingerprint density at radius 1 is 1.20 bits per heavy atom. The second kappa shape index (κ2) is 4.67. The van der Waals surface area contributed by atoms with E-state index in [0.717, 1.165) is 38.5 Å². The molecule has 2 fully saturated rings. The molecule has 0 bridgehead atoms. The van der Waals surface area contributed by atoms with Crippen LogP contribution < -0.4 is 10.2 Å². The van der Waals surface area contributed by atoms with Gasteiger partial charge in [-0.1, -0.05) is 0 Å². The largest absolute Gasteiger partial charge is 0.341 e. The minimum atomic E-state index is 0.588. The van der Waals surface area contributed by atoms with Gasteiger partial charge in [0.2, 0.25) is 5.95 Å². The molecule has 0 aliphatic carbocycles. The molecule has 0 saturated carbocycles. The zero-order chi connectivity index (χ0) is 13.6. The molecule has 0 amide bonds. The summed E-state index contributed by atoms with van der Waals surface area (Å²) < 4.78 is 0. The summed E-state index contributed by atoms with van der Waals surface area (Å²) in [4.78, 5) is 14.2. The van der Waals surface area contributed by atoms with E-state index in [4.69, 9.17) is 4.98 Å². The molecule has 1 aromatic heterocycles. The van der Waals surface area contributed by atoms with Crippen LogP contribution >= 0.6 is 0 Å². The van der Waals surface area contributed by atoms with Crippen LogP contribution in [-0.2, 0) is 13.0 Å². The van der Waals surface area contributed by atoms with Crippen LogP contribution in [0.3, 0.4) is 0 Å². The Hall–Kier alpha value is -1.20. The number of piperidine rings is 1. The first-order valence-electron chi connectivity index (χ1n) is 7.73. The lowest BCUT2D eigenvalue weighted by Gasteiger charge is -2.48. The minimum absolute atomic E-state index is 0.588. The lowest BCUT2D eigenvalue weighted by atomic mass is 9.73. The Morgan fingerprint density at radius 2 is 2.00 bits per heavy atom. The second-order valence-corrected chi connectivity index (χ2v) is 6.72. The molecule has 0 radical (unpaired) electrons. The molecule has 3 aliphatic heterocycles. The van der Waals surface area contributed by atoms with Crippen molar-refractivity contribution in [3.8, 4) is 0 Å². The van der Waals surface area contributed by atoms with Gasteiger partial charge in [0, 0.05) is 45.5 Å². The molecule has 1 spiro atoms. The Labute approximate surface area is 120 Å². The number of hydrogen-bond acceptors (Lipinski definition) is 5. The van der Waals surface area contributed by atoms with Crippen molar-refractivity contribution in [2.24, 2.45) is 5.41 Å². The fourth-order valence-corrected chi connectivity index (χ4v) is 3.59. The van der Waals surface area contributed by atoms with Crippen molar-refractivity contribution in [1.29, 1.82) is 0 Å². The van der Waals surface area contributed by atoms with E-state index >= 15 is 0 Å². The Balaban J connectivity index is 1.50. The average Bonchev–Trinajstić information content (AvgIpc) is 2.45. The van der Waals surface area contributed by atoms with E-state index in [0.29, 0.717) is 5.41 Å². The maximum Gasteiger partial charge on any atom is 0.225 e. The van der Waals surface area contributed by atoms with Crippen LogP contribution in [0.2, 0.25) is 0 Å². The predicted octanol–water partition coefficient (Wildman–Crippen LogP) is 0.654. The standard InChI is InChI=1S/C15H23N5/c1-19-5-2-12-8-17-14(18-13(12)9-19)20-6-3-15(4-7-20)10-16-11-15/h8,16H,2-7,9-11H2,1H3. The molecule has 5 nitrogen and oxygen atoms in total. The molecule has 1 aromatic rings. The van der Waals surface area contributed by atoms with Crippen LogP contribution in [-0.4, -0.2) is 54.6 Å².